The monoisotopic (exact) mass is 563 g/mol. The van der Waals surface area contributed by atoms with E-state index in [0.717, 1.165) is 18.4 Å². The van der Waals surface area contributed by atoms with Gasteiger partial charge in [-0.25, -0.2) is 0 Å². The smallest absolute Gasteiger partial charge is 0.307 e. The number of carbonyl (C=O) groups is 2. The van der Waals surface area contributed by atoms with E-state index in [-0.39, 0.29) is 42.5 Å². The highest BCUT2D eigenvalue weighted by Gasteiger charge is 2.42. The van der Waals surface area contributed by atoms with Gasteiger partial charge in [0.2, 0.25) is 11.7 Å². The zero-order chi connectivity index (χ0) is 28.5. The lowest BCUT2D eigenvalue weighted by atomic mass is 9.87. The van der Waals surface area contributed by atoms with Crippen LogP contribution in [-0.4, -0.2) is 27.3 Å². The van der Waals surface area contributed by atoms with Gasteiger partial charge in [-0.3, -0.25) is 9.59 Å². The molecule has 11 heteroatoms. The maximum Gasteiger partial charge on any atom is 0.307 e. The van der Waals surface area contributed by atoms with E-state index in [2.05, 4.69) is 15.6 Å². The second-order valence-corrected chi connectivity index (χ2v) is 11.9. The van der Waals surface area contributed by atoms with Gasteiger partial charge in [0.1, 0.15) is 0 Å². The Morgan fingerprint density at radius 2 is 1.90 bits per heavy atom. The molecule has 1 amide bonds. The molecule has 0 spiro atoms. The van der Waals surface area contributed by atoms with Crippen molar-refractivity contribution in [3.8, 4) is 11.5 Å². The summed E-state index contributed by atoms with van der Waals surface area (Å²) in [6, 6.07) is 6.41. The predicted octanol–water partition coefficient (Wildman–Crippen LogP) is 7.67. The van der Waals surface area contributed by atoms with E-state index in [1.165, 1.54) is 6.07 Å². The van der Waals surface area contributed by atoms with E-state index >= 15 is 0 Å². The summed E-state index contributed by atoms with van der Waals surface area (Å²) in [6.07, 6.45) is 1.08. The zero-order valence-corrected chi connectivity index (χ0v) is 23.1. The van der Waals surface area contributed by atoms with Gasteiger partial charge in [0.25, 0.3) is 0 Å². The number of nitrogens with zero attached hydrogens (tertiary/aromatic N) is 2. The first kappa shape index (κ1) is 28.7. The van der Waals surface area contributed by atoms with Gasteiger partial charge in [-0.15, -0.1) is 0 Å². The lowest BCUT2D eigenvalue weighted by Crippen LogP contribution is -2.21. The molecule has 1 aliphatic rings. The fourth-order valence-electron chi connectivity index (χ4n) is 4.64. The predicted molar refractivity (Wildman–Crippen MR) is 141 cm³/mol. The standard InChI is InChI=1S/C28H32ClF2N3O5/c1-15-5-9-19(18(29)11-15)32-22(35)12-17(8-10-23(36)37)25-24(16-6-7-16)26(39-34-25)20-13-21(38-33-20)28(30,31)14-27(2,3)4/h5,9,11,13,16-17H,6-8,10,12,14H2,1-4H3,(H,32,35)(H,36,37)/t17-/m0/s1. The number of carbonyl (C=O) groups excluding carboxylic acids is 1. The van der Waals surface area contributed by atoms with E-state index in [1.807, 2.05) is 13.0 Å². The van der Waals surface area contributed by atoms with Crippen LogP contribution in [0.15, 0.2) is 33.3 Å². The molecular formula is C28H32ClF2N3O5. The maximum absolute atomic E-state index is 14.8. The number of amides is 1. The van der Waals surface area contributed by atoms with E-state index in [9.17, 15) is 23.5 Å². The molecule has 2 N–H and O–H groups in total. The van der Waals surface area contributed by atoms with Crippen molar-refractivity contribution >= 4 is 29.2 Å². The van der Waals surface area contributed by atoms with Crippen LogP contribution in [0.1, 0.15) is 93.7 Å². The van der Waals surface area contributed by atoms with Crippen LogP contribution in [0.25, 0.3) is 11.5 Å². The first-order valence-corrected chi connectivity index (χ1v) is 13.2. The van der Waals surface area contributed by atoms with E-state index in [0.29, 0.717) is 22.0 Å². The SMILES string of the molecule is Cc1ccc(NC(=O)C[C@H](CCC(=O)O)c2noc(-c3cc(C(F)(F)CC(C)(C)C)on3)c2C2CC2)c(Cl)c1. The maximum atomic E-state index is 14.8. The van der Waals surface area contributed by atoms with Gasteiger partial charge in [0, 0.05) is 36.8 Å². The number of rotatable bonds is 11. The van der Waals surface area contributed by atoms with Crippen molar-refractivity contribution < 1.29 is 32.5 Å². The average Bonchev–Trinajstić information content (AvgIpc) is 3.34. The number of benzene rings is 1. The second-order valence-electron chi connectivity index (χ2n) is 11.5. The lowest BCUT2D eigenvalue weighted by Gasteiger charge is -2.23. The third-order valence-corrected chi connectivity index (χ3v) is 6.83. The zero-order valence-electron chi connectivity index (χ0n) is 22.3. The molecule has 2 aromatic heterocycles. The normalized spacial score (nSPS) is 14.8. The molecule has 1 saturated carbocycles. The summed E-state index contributed by atoms with van der Waals surface area (Å²) < 4.78 is 40.3. The Morgan fingerprint density at radius 1 is 1.18 bits per heavy atom. The number of aliphatic carboxylic acids is 1. The molecule has 1 aromatic carbocycles. The average molecular weight is 564 g/mol. The van der Waals surface area contributed by atoms with E-state index in [1.54, 1.807) is 32.9 Å². The van der Waals surface area contributed by atoms with Gasteiger partial charge in [-0.2, -0.15) is 8.78 Å². The first-order valence-electron chi connectivity index (χ1n) is 12.9. The number of hydrogen-bond acceptors (Lipinski definition) is 6. The summed E-state index contributed by atoms with van der Waals surface area (Å²) >= 11 is 6.26. The summed E-state index contributed by atoms with van der Waals surface area (Å²) in [5, 5.41) is 20.6. The summed E-state index contributed by atoms with van der Waals surface area (Å²) in [5.41, 5.74) is 1.92. The van der Waals surface area contributed by atoms with Crippen LogP contribution in [0.3, 0.4) is 0 Å². The Kier molecular flexibility index (Phi) is 8.16. The van der Waals surface area contributed by atoms with Crippen molar-refractivity contribution in [3.63, 3.8) is 0 Å². The van der Waals surface area contributed by atoms with Crippen molar-refractivity contribution in [2.24, 2.45) is 5.41 Å². The number of halogens is 3. The van der Waals surface area contributed by atoms with Crippen LogP contribution in [-0.2, 0) is 15.5 Å². The Bertz CT molecular complexity index is 1360. The molecular weight excluding hydrogens is 532 g/mol. The fraction of sp³-hybridized carbons (Fsp3) is 0.500. The molecule has 3 aromatic rings. The number of anilines is 1. The first-order chi connectivity index (χ1) is 18.2. The molecule has 1 fully saturated rings. The molecule has 39 heavy (non-hydrogen) atoms. The van der Waals surface area contributed by atoms with Crippen molar-refractivity contribution in [2.45, 2.75) is 84.0 Å². The van der Waals surface area contributed by atoms with Crippen LogP contribution in [0.4, 0.5) is 14.5 Å². The number of aryl methyl sites for hydroxylation is 1. The summed E-state index contributed by atoms with van der Waals surface area (Å²) in [7, 11) is 0. The molecule has 2 heterocycles. The van der Waals surface area contributed by atoms with Crippen molar-refractivity contribution in [3.05, 3.63) is 51.9 Å². The molecule has 1 atom stereocenters. The third kappa shape index (κ3) is 7.23. The summed E-state index contributed by atoms with van der Waals surface area (Å²) in [4.78, 5) is 24.4. The Hall–Kier alpha value is -3.27. The van der Waals surface area contributed by atoms with Gasteiger partial charge >= 0.3 is 11.9 Å². The van der Waals surface area contributed by atoms with Crippen LogP contribution in [0.5, 0.6) is 0 Å². The molecule has 0 radical (unpaired) electrons. The van der Waals surface area contributed by atoms with Crippen molar-refractivity contribution in [2.75, 3.05) is 5.32 Å². The largest absolute Gasteiger partial charge is 0.481 e. The highest BCUT2D eigenvalue weighted by atomic mass is 35.5. The molecule has 0 bridgehead atoms. The topological polar surface area (TPSA) is 118 Å². The summed E-state index contributed by atoms with van der Waals surface area (Å²) in [6.45, 7) is 7.02. The molecule has 210 valence electrons. The Balaban J connectivity index is 1.62. The molecule has 8 nitrogen and oxygen atoms in total. The quantitative estimate of drug-likeness (QED) is 0.245. The van der Waals surface area contributed by atoms with E-state index < -0.39 is 35.4 Å². The number of aromatic nitrogens is 2. The molecule has 1 aliphatic carbocycles. The number of carboxylic acid groups (broad SMARTS) is 1. The van der Waals surface area contributed by atoms with Crippen LogP contribution in [0.2, 0.25) is 5.02 Å². The summed E-state index contributed by atoms with van der Waals surface area (Å²) in [5.74, 6) is -5.52. The number of nitrogens with one attached hydrogen (secondary N) is 1. The van der Waals surface area contributed by atoms with Gasteiger partial charge in [0.05, 0.1) is 16.4 Å². The minimum absolute atomic E-state index is 0.0402. The number of hydrogen-bond donors (Lipinski definition) is 2. The van der Waals surface area contributed by atoms with Crippen LogP contribution >= 0.6 is 11.6 Å². The van der Waals surface area contributed by atoms with E-state index in [4.69, 9.17) is 20.6 Å². The minimum Gasteiger partial charge on any atom is -0.481 e. The third-order valence-electron chi connectivity index (χ3n) is 6.52. The highest BCUT2D eigenvalue weighted by molar-refractivity contribution is 6.33. The fourth-order valence-corrected chi connectivity index (χ4v) is 4.93. The number of carboxylic acids is 1. The van der Waals surface area contributed by atoms with Gasteiger partial charge in [0.15, 0.2) is 11.5 Å². The Labute approximate surface area is 230 Å². The molecule has 4 rings (SSSR count). The Morgan fingerprint density at radius 3 is 2.51 bits per heavy atom. The molecule has 0 saturated heterocycles. The second kappa shape index (κ2) is 11.1. The molecule has 0 aliphatic heterocycles. The van der Waals surface area contributed by atoms with Gasteiger partial charge in [-0.1, -0.05) is 48.8 Å². The van der Waals surface area contributed by atoms with Crippen LogP contribution < -0.4 is 5.32 Å². The highest BCUT2D eigenvalue weighted by Crippen LogP contribution is 2.49. The lowest BCUT2D eigenvalue weighted by molar-refractivity contribution is -0.137. The number of alkyl halides is 2. The molecule has 0 unspecified atom stereocenters. The minimum atomic E-state index is -3.23. The van der Waals surface area contributed by atoms with Gasteiger partial charge < -0.3 is 19.5 Å². The van der Waals surface area contributed by atoms with Crippen molar-refractivity contribution in [1.82, 2.24) is 10.3 Å². The van der Waals surface area contributed by atoms with Crippen LogP contribution in [0, 0.1) is 12.3 Å². The van der Waals surface area contributed by atoms with Crippen molar-refractivity contribution in [1.29, 1.82) is 0 Å². The van der Waals surface area contributed by atoms with Gasteiger partial charge in [-0.05, 0) is 55.2 Å².